The molecule has 0 atom stereocenters. The van der Waals surface area contributed by atoms with E-state index in [0.29, 0.717) is 34.6 Å². The molecule has 4 aromatic rings. The fraction of sp³-hybridized carbons (Fsp3) is 0.0909. The van der Waals surface area contributed by atoms with Crippen molar-refractivity contribution in [3.05, 3.63) is 94.9 Å². The number of halogens is 1. The van der Waals surface area contributed by atoms with Crippen LogP contribution in [0.25, 0.3) is 11.0 Å². The first-order valence-electron chi connectivity index (χ1n) is 8.51. The minimum atomic E-state index is -0.444. The van der Waals surface area contributed by atoms with Crippen molar-refractivity contribution in [1.82, 2.24) is 5.16 Å². The van der Waals surface area contributed by atoms with Crippen molar-refractivity contribution in [2.75, 3.05) is 0 Å². The topological polar surface area (TPSA) is 52.3 Å². The molecule has 0 saturated carbocycles. The Morgan fingerprint density at radius 3 is 2.63 bits per heavy atom. The number of carbonyl (C=O) groups is 1. The third kappa shape index (κ3) is 3.58. The molecule has 0 amide bonds. The van der Waals surface area contributed by atoms with Crippen LogP contribution in [0.1, 0.15) is 27.2 Å². The second-order valence-electron chi connectivity index (χ2n) is 6.31. The summed E-state index contributed by atoms with van der Waals surface area (Å²) in [7, 11) is 0. The third-order valence-corrected chi connectivity index (χ3v) is 4.33. The van der Waals surface area contributed by atoms with Crippen LogP contribution in [0.15, 0.2) is 71.3 Å². The molecule has 0 aliphatic carbocycles. The molecule has 0 N–H and O–H groups in total. The predicted molar refractivity (Wildman–Crippen MR) is 99.4 cm³/mol. The fourth-order valence-electron chi connectivity index (χ4n) is 2.84. The number of carbonyl (C=O) groups excluding carboxylic acids is 1. The smallest absolute Gasteiger partial charge is 0.343 e. The molecule has 1 aromatic heterocycles. The summed E-state index contributed by atoms with van der Waals surface area (Å²) in [6, 6.07) is 18.8. The highest BCUT2D eigenvalue weighted by molar-refractivity contribution is 5.91. The second-order valence-corrected chi connectivity index (χ2v) is 6.31. The van der Waals surface area contributed by atoms with Gasteiger partial charge in [-0.25, -0.2) is 9.18 Å². The first-order chi connectivity index (χ1) is 13.1. The molecule has 4 rings (SSSR count). The number of hydrogen-bond donors (Lipinski definition) is 0. The fourth-order valence-corrected chi connectivity index (χ4v) is 2.84. The van der Waals surface area contributed by atoms with Crippen molar-refractivity contribution in [1.29, 1.82) is 0 Å². The van der Waals surface area contributed by atoms with E-state index in [-0.39, 0.29) is 5.82 Å². The quantitative estimate of drug-likeness (QED) is 0.375. The average Bonchev–Trinajstić information content (AvgIpc) is 3.06. The monoisotopic (exact) mass is 361 g/mol. The molecule has 4 nitrogen and oxygen atoms in total. The van der Waals surface area contributed by atoms with Crippen molar-refractivity contribution in [2.45, 2.75) is 13.3 Å². The lowest BCUT2D eigenvalue weighted by Gasteiger charge is -2.04. The van der Waals surface area contributed by atoms with E-state index in [1.54, 1.807) is 48.5 Å². The van der Waals surface area contributed by atoms with Gasteiger partial charge in [0.2, 0.25) is 0 Å². The summed E-state index contributed by atoms with van der Waals surface area (Å²) in [5.74, 6) is -0.362. The van der Waals surface area contributed by atoms with Crippen molar-refractivity contribution in [3.63, 3.8) is 0 Å². The van der Waals surface area contributed by atoms with Gasteiger partial charge in [-0.15, -0.1) is 0 Å². The number of fused-ring (bicyclic) bond motifs is 1. The molecule has 0 aliphatic heterocycles. The van der Waals surface area contributed by atoms with Crippen LogP contribution in [0.5, 0.6) is 5.75 Å². The lowest BCUT2D eigenvalue weighted by atomic mass is 10.1. The Hall–Kier alpha value is -3.47. The number of rotatable bonds is 4. The lowest BCUT2D eigenvalue weighted by Crippen LogP contribution is -2.08. The largest absolute Gasteiger partial charge is 0.423 e. The van der Waals surface area contributed by atoms with Crippen molar-refractivity contribution >= 4 is 16.9 Å². The Balaban J connectivity index is 1.56. The molecule has 0 spiro atoms. The highest BCUT2D eigenvalue weighted by Crippen LogP contribution is 2.26. The van der Waals surface area contributed by atoms with Gasteiger partial charge in [-0.2, -0.15) is 0 Å². The molecular weight excluding hydrogens is 345 g/mol. The van der Waals surface area contributed by atoms with Crippen LogP contribution in [-0.2, 0) is 6.42 Å². The minimum absolute atomic E-state index is 0.280. The summed E-state index contributed by atoms with van der Waals surface area (Å²) >= 11 is 0. The van der Waals surface area contributed by atoms with Crippen LogP contribution >= 0.6 is 0 Å². The molecular formula is C22H16FNO3. The van der Waals surface area contributed by atoms with E-state index in [9.17, 15) is 9.18 Å². The normalized spacial score (nSPS) is 10.9. The summed E-state index contributed by atoms with van der Waals surface area (Å²) < 4.78 is 24.6. The standard InChI is InChI=1S/C22H16FNO3/c1-14-6-8-15(9-7-14)22(25)26-17-10-11-18-20(24-27-21(18)13-17)12-16-4-2-3-5-19(16)23/h2-11,13H,12H2,1H3. The Bertz CT molecular complexity index is 1120. The molecule has 0 fully saturated rings. The maximum atomic E-state index is 13.9. The molecule has 1 heterocycles. The van der Waals surface area contributed by atoms with Gasteiger partial charge in [0.15, 0.2) is 5.58 Å². The van der Waals surface area contributed by atoms with Gasteiger partial charge >= 0.3 is 5.97 Å². The molecule has 5 heteroatoms. The van der Waals surface area contributed by atoms with Crippen LogP contribution in [0.4, 0.5) is 4.39 Å². The number of nitrogens with zero attached hydrogens (tertiary/aromatic N) is 1. The van der Waals surface area contributed by atoms with E-state index in [2.05, 4.69) is 5.16 Å². The molecule has 27 heavy (non-hydrogen) atoms. The molecule has 3 aromatic carbocycles. The maximum absolute atomic E-state index is 13.9. The number of aromatic nitrogens is 1. The Morgan fingerprint density at radius 2 is 1.85 bits per heavy atom. The zero-order valence-corrected chi connectivity index (χ0v) is 14.6. The van der Waals surface area contributed by atoms with E-state index in [1.807, 2.05) is 19.1 Å². The van der Waals surface area contributed by atoms with Gasteiger partial charge in [0, 0.05) is 17.9 Å². The maximum Gasteiger partial charge on any atom is 0.343 e. The van der Waals surface area contributed by atoms with Crippen LogP contribution in [0, 0.1) is 12.7 Å². The first-order valence-corrected chi connectivity index (χ1v) is 8.51. The molecule has 0 bridgehead atoms. The summed E-state index contributed by atoms with van der Waals surface area (Å²) in [5.41, 5.74) is 3.19. The zero-order chi connectivity index (χ0) is 18.8. The van der Waals surface area contributed by atoms with E-state index < -0.39 is 5.97 Å². The zero-order valence-electron chi connectivity index (χ0n) is 14.6. The van der Waals surface area contributed by atoms with Gasteiger partial charge in [0.25, 0.3) is 0 Å². The van der Waals surface area contributed by atoms with Crippen LogP contribution in [-0.4, -0.2) is 11.1 Å². The van der Waals surface area contributed by atoms with Gasteiger partial charge in [-0.05, 0) is 42.8 Å². The van der Waals surface area contributed by atoms with Gasteiger partial charge in [-0.1, -0.05) is 41.1 Å². The van der Waals surface area contributed by atoms with Crippen LogP contribution in [0.3, 0.4) is 0 Å². The minimum Gasteiger partial charge on any atom is -0.423 e. The number of esters is 1. The molecule has 0 unspecified atom stereocenters. The Labute approximate surface area is 155 Å². The van der Waals surface area contributed by atoms with Crippen LogP contribution in [0.2, 0.25) is 0 Å². The first kappa shape index (κ1) is 17.0. The SMILES string of the molecule is Cc1ccc(C(=O)Oc2ccc3c(Cc4ccccc4F)noc3c2)cc1. The molecule has 0 saturated heterocycles. The van der Waals surface area contributed by atoms with Crippen molar-refractivity contribution in [3.8, 4) is 5.75 Å². The van der Waals surface area contributed by atoms with Crippen molar-refractivity contribution < 1.29 is 18.4 Å². The van der Waals surface area contributed by atoms with Gasteiger partial charge in [0.1, 0.15) is 11.6 Å². The van der Waals surface area contributed by atoms with E-state index in [4.69, 9.17) is 9.26 Å². The summed E-state index contributed by atoms with van der Waals surface area (Å²) in [6.07, 6.45) is 0.322. The number of hydrogen-bond acceptors (Lipinski definition) is 4. The van der Waals surface area contributed by atoms with E-state index in [0.717, 1.165) is 10.9 Å². The number of benzene rings is 3. The third-order valence-electron chi connectivity index (χ3n) is 4.33. The number of ether oxygens (including phenoxy) is 1. The summed E-state index contributed by atoms with van der Waals surface area (Å²) in [4.78, 5) is 12.2. The summed E-state index contributed by atoms with van der Waals surface area (Å²) in [6.45, 7) is 1.95. The predicted octanol–water partition coefficient (Wildman–Crippen LogP) is 5.09. The molecule has 0 aliphatic rings. The van der Waals surface area contributed by atoms with Crippen molar-refractivity contribution in [2.24, 2.45) is 0 Å². The molecule has 134 valence electrons. The highest BCUT2D eigenvalue weighted by atomic mass is 19.1. The highest BCUT2D eigenvalue weighted by Gasteiger charge is 2.14. The molecule has 0 radical (unpaired) electrons. The number of aryl methyl sites for hydroxylation is 1. The van der Waals surface area contributed by atoms with Gasteiger partial charge in [-0.3, -0.25) is 0 Å². The van der Waals surface area contributed by atoms with E-state index >= 15 is 0 Å². The second kappa shape index (κ2) is 7.03. The summed E-state index contributed by atoms with van der Waals surface area (Å²) in [5, 5.41) is 4.80. The van der Waals surface area contributed by atoms with Gasteiger partial charge < -0.3 is 9.26 Å². The van der Waals surface area contributed by atoms with E-state index in [1.165, 1.54) is 6.07 Å². The average molecular weight is 361 g/mol. The van der Waals surface area contributed by atoms with Crippen LogP contribution < -0.4 is 4.74 Å². The Kier molecular flexibility index (Phi) is 4.42. The Morgan fingerprint density at radius 1 is 1.07 bits per heavy atom. The van der Waals surface area contributed by atoms with Gasteiger partial charge in [0.05, 0.1) is 11.3 Å². The lowest BCUT2D eigenvalue weighted by molar-refractivity contribution is 0.0735.